The second-order valence-electron chi connectivity index (χ2n) is 11.5. The summed E-state index contributed by atoms with van der Waals surface area (Å²) in [6.45, 7) is 16.7. The van der Waals surface area contributed by atoms with Gasteiger partial charge in [0.15, 0.2) is 0 Å². The Bertz CT molecular complexity index is 902. The van der Waals surface area contributed by atoms with Crippen LogP contribution in [0, 0.1) is 18.3 Å². The molecule has 0 spiro atoms. The Labute approximate surface area is 205 Å². The fourth-order valence-electron chi connectivity index (χ4n) is 4.92. The molecule has 178 valence electrons. The predicted octanol–water partition coefficient (Wildman–Crippen LogP) is 7.21. The van der Waals surface area contributed by atoms with Gasteiger partial charge in [0, 0.05) is 46.2 Å². The van der Waals surface area contributed by atoms with Crippen molar-refractivity contribution in [3.63, 3.8) is 0 Å². The van der Waals surface area contributed by atoms with E-state index in [-0.39, 0.29) is 10.8 Å². The molecule has 0 radical (unpaired) electrons. The lowest BCUT2D eigenvalue weighted by atomic mass is 9.83. The van der Waals surface area contributed by atoms with Crippen LogP contribution in [0.15, 0.2) is 34.1 Å². The van der Waals surface area contributed by atoms with Crippen molar-refractivity contribution in [2.24, 2.45) is 16.5 Å². The highest BCUT2D eigenvalue weighted by atomic mass is 32.2. The molecule has 1 heterocycles. The van der Waals surface area contributed by atoms with Gasteiger partial charge in [-0.15, -0.1) is 12.6 Å². The Morgan fingerprint density at radius 1 is 1.06 bits per heavy atom. The molecule has 0 amide bonds. The van der Waals surface area contributed by atoms with E-state index in [9.17, 15) is 0 Å². The van der Waals surface area contributed by atoms with Gasteiger partial charge in [-0.25, -0.2) is 0 Å². The second-order valence-corrected chi connectivity index (χ2v) is 12.6. The number of benzene rings is 1. The molecule has 0 unspecified atom stereocenters. The summed E-state index contributed by atoms with van der Waals surface area (Å²) in [5, 5.41) is 9.72. The first kappa shape index (κ1) is 25.7. The fourth-order valence-corrected chi connectivity index (χ4v) is 5.83. The van der Waals surface area contributed by atoms with Crippen LogP contribution in [0.5, 0.6) is 0 Å². The number of nitrogens with one attached hydrogen (secondary N) is 1. The van der Waals surface area contributed by atoms with Crippen molar-refractivity contribution >= 4 is 24.6 Å². The van der Waals surface area contributed by atoms with Crippen LogP contribution in [0.25, 0.3) is 11.3 Å². The third kappa shape index (κ3) is 6.37. The third-order valence-corrected chi connectivity index (χ3v) is 7.91. The van der Waals surface area contributed by atoms with Crippen LogP contribution in [0.4, 0.5) is 0 Å². The zero-order chi connectivity index (χ0) is 23.5. The van der Waals surface area contributed by atoms with Crippen molar-refractivity contribution < 1.29 is 0 Å². The standard InChI is InChI=1S/C27H43N3S2/c1-19-25(32-28)15-23(30(19)16-20-10-8-7-9-11-20)21-12-13-24(31)22(14-21)27(5,6)18-29-17-26(2,3)4/h12-15,20,29,31H,7-11,16-18,28H2,1-6H3. The number of hydrogen-bond donors (Lipinski definition) is 3. The number of nitrogens with two attached hydrogens (primary N) is 1. The minimum absolute atomic E-state index is 0.0143. The summed E-state index contributed by atoms with van der Waals surface area (Å²) < 4.78 is 2.52. The highest BCUT2D eigenvalue weighted by Gasteiger charge is 2.25. The molecule has 1 aliphatic carbocycles. The summed E-state index contributed by atoms with van der Waals surface area (Å²) in [6.07, 6.45) is 6.81. The first-order valence-corrected chi connectivity index (χ1v) is 13.5. The smallest absolute Gasteiger partial charge is 0.0494 e. The molecule has 1 fully saturated rings. The van der Waals surface area contributed by atoms with Crippen molar-refractivity contribution in [1.82, 2.24) is 9.88 Å². The van der Waals surface area contributed by atoms with Crippen molar-refractivity contribution in [2.75, 3.05) is 13.1 Å². The SMILES string of the molecule is Cc1c(SN)cc(-c2ccc(S)c(C(C)(C)CNCC(C)(C)C)c2)n1CC1CCCCC1. The van der Waals surface area contributed by atoms with E-state index in [4.69, 9.17) is 17.8 Å². The van der Waals surface area contributed by atoms with Crippen LogP contribution < -0.4 is 10.5 Å². The largest absolute Gasteiger partial charge is 0.343 e. The van der Waals surface area contributed by atoms with E-state index in [1.807, 2.05) is 0 Å². The summed E-state index contributed by atoms with van der Waals surface area (Å²) in [5.74, 6) is 0.769. The van der Waals surface area contributed by atoms with Gasteiger partial charge in [-0.1, -0.05) is 59.9 Å². The Morgan fingerprint density at radius 3 is 2.38 bits per heavy atom. The molecule has 32 heavy (non-hydrogen) atoms. The molecule has 1 saturated carbocycles. The molecular weight excluding hydrogens is 430 g/mol. The summed E-state index contributed by atoms with van der Waals surface area (Å²) in [7, 11) is 0. The molecule has 5 heteroatoms. The van der Waals surface area contributed by atoms with Gasteiger partial charge in [0.2, 0.25) is 0 Å². The lowest BCUT2D eigenvalue weighted by molar-refractivity contribution is 0.318. The molecule has 1 aromatic carbocycles. The maximum Gasteiger partial charge on any atom is 0.0494 e. The van der Waals surface area contributed by atoms with Gasteiger partial charge in [-0.2, -0.15) is 0 Å². The number of rotatable bonds is 8. The topological polar surface area (TPSA) is 43.0 Å². The number of nitrogens with zero attached hydrogens (tertiary/aromatic N) is 1. The van der Waals surface area contributed by atoms with Crippen LogP contribution in [-0.2, 0) is 12.0 Å². The van der Waals surface area contributed by atoms with Gasteiger partial charge in [-0.3, -0.25) is 5.14 Å². The van der Waals surface area contributed by atoms with E-state index in [0.717, 1.165) is 30.4 Å². The molecule has 2 aromatic rings. The Morgan fingerprint density at radius 2 is 1.75 bits per heavy atom. The summed E-state index contributed by atoms with van der Waals surface area (Å²) in [4.78, 5) is 2.24. The van der Waals surface area contributed by atoms with Gasteiger partial charge < -0.3 is 9.88 Å². The molecule has 3 nitrogen and oxygen atoms in total. The minimum atomic E-state index is -0.0143. The lowest BCUT2D eigenvalue weighted by Gasteiger charge is -2.30. The van der Waals surface area contributed by atoms with Gasteiger partial charge in [-0.05, 0) is 72.4 Å². The zero-order valence-electron chi connectivity index (χ0n) is 20.9. The molecule has 1 aromatic heterocycles. The van der Waals surface area contributed by atoms with Crippen LogP contribution in [0.3, 0.4) is 0 Å². The van der Waals surface area contributed by atoms with E-state index >= 15 is 0 Å². The van der Waals surface area contributed by atoms with Crippen molar-refractivity contribution in [3.8, 4) is 11.3 Å². The van der Waals surface area contributed by atoms with Gasteiger partial charge >= 0.3 is 0 Å². The number of thiol groups is 1. The maximum atomic E-state index is 6.04. The van der Waals surface area contributed by atoms with Crippen molar-refractivity contribution in [1.29, 1.82) is 0 Å². The lowest BCUT2D eigenvalue weighted by Crippen LogP contribution is -2.37. The molecule has 0 aliphatic heterocycles. The predicted molar refractivity (Wildman–Crippen MR) is 144 cm³/mol. The highest BCUT2D eigenvalue weighted by Crippen LogP contribution is 2.37. The summed E-state index contributed by atoms with van der Waals surface area (Å²) in [5.41, 5.74) is 5.40. The average Bonchev–Trinajstić information content (AvgIpc) is 3.03. The average molecular weight is 474 g/mol. The zero-order valence-corrected chi connectivity index (χ0v) is 22.6. The molecular formula is C27H43N3S2. The van der Waals surface area contributed by atoms with Gasteiger partial charge in [0.05, 0.1) is 0 Å². The molecule has 0 atom stereocenters. The summed E-state index contributed by atoms with van der Waals surface area (Å²) in [6, 6.07) is 9.03. The van der Waals surface area contributed by atoms with Crippen molar-refractivity contribution in [2.45, 2.75) is 95.4 Å². The first-order chi connectivity index (χ1) is 15.0. The normalized spacial score (nSPS) is 16.0. The molecule has 3 rings (SSSR count). The van der Waals surface area contributed by atoms with Crippen LogP contribution >= 0.6 is 24.6 Å². The minimum Gasteiger partial charge on any atom is -0.343 e. The van der Waals surface area contributed by atoms with Crippen LogP contribution in [0.2, 0.25) is 0 Å². The van der Waals surface area contributed by atoms with Crippen LogP contribution in [-0.4, -0.2) is 17.7 Å². The maximum absolute atomic E-state index is 6.04. The van der Waals surface area contributed by atoms with Crippen LogP contribution in [0.1, 0.15) is 78.0 Å². The highest BCUT2D eigenvalue weighted by molar-refractivity contribution is 7.97. The fraction of sp³-hybridized carbons (Fsp3) is 0.630. The molecule has 3 N–H and O–H groups in total. The number of hydrogen-bond acceptors (Lipinski definition) is 4. The quantitative estimate of drug-likeness (QED) is 0.280. The number of aromatic nitrogens is 1. The van der Waals surface area contributed by atoms with E-state index in [1.165, 1.54) is 71.5 Å². The Hall–Kier alpha value is -0.880. The third-order valence-electron chi connectivity index (χ3n) is 6.86. The second kappa shape index (κ2) is 10.6. The first-order valence-electron chi connectivity index (χ1n) is 12.1. The van der Waals surface area contributed by atoms with Gasteiger partial charge in [0.25, 0.3) is 0 Å². The van der Waals surface area contributed by atoms with E-state index in [0.29, 0.717) is 0 Å². The summed E-state index contributed by atoms with van der Waals surface area (Å²) >= 11 is 6.21. The van der Waals surface area contributed by atoms with Gasteiger partial charge in [0.1, 0.15) is 0 Å². The molecule has 0 saturated heterocycles. The Balaban J connectivity index is 1.92. The Kier molecular flexibility index (Phi) is 8.51. The molecule has 1 aliphatic rings. The molecule has 0 bridgehead atoms. The van der Waals surface area contributed by atoms with Crippen molar-refractivity contribution in [3.05, 3.63) is 35.5 Å². The monoisotopic (exact) mass is 473 g/mol. The van der Waals surface area contributed by atoms with E-state index in [2.05, 4.69) is 75.7 Å². The van der Waals surface area contributed by atoms with E-state index in [1.54, 1.807) is 0 Å². The van der Waals surface area contributed by atoms with E-state index < -0.39 is 0 Å².